The van der Waals surface area contributed by atoms with Gasteiger partial charge in [0.25, 0.3) is 0 Å². The zero-order valence-corrected chi connectivity index (χ0v) is 16.2. The van der Waals surface area contributed by atoms with Gasteiger partial charge in [-0.1, -0.05) is 96.8 Å². The second-order valence-corrected chi connectivity index (χ2v) is 6.61. The van der Waals surface area contributed by atoms with Gasteiger partial charge in [0.15, 0.2) is 0 Å². The van der Waals surface area contributed by atoms with Crippen LogP contribution >= 0.6 is 0 Å². The molecule has 0 unspecified atom stereocenters. The fourth-order valence-electron chi connectivity index (χ4n) is 2.65. The molecule has 156 valence electrons. The molecule has 0 heterocycles. The summed E-state index contributed by atoms with van der Waals surface area (Å²) in [6.45, 7) is 2.27. The highest BCUT2D eigenvalue weighted by atomic mass is 19.3. The quantitative estimate of drug-likeness (QED) is 0.214. The van der Waals surface area contributed by atoms with Crippen molar-refractivity contribution in [2.24, 2.45) is 0 Å². The minimum atomic E-state index is -2.91. The number of aliphatic carboxylic acids is 1. The highest BCUT2D eigenvalue weighted by Crippen LogP contribution is 2.13. The summed E-state index contributed by atoms with van der Waals surface area (Å²) in [7, 11) is 0. The molecule has 0 aromatic rings. The van der Waals surface area contributed by atoms with E-state index in [-0.39, 0.29) is 0 Å². The van der Waals surface area contributed by atoms with Crippen molar-refractivity contribution in [3.63, 3.8) is 0 Å². The Hall–Kier alpha value is -1.07. The Balaban J connectivity index is 0. The normalized spacial score (nSPS) is 10.2. The van der Waals surface area contributed by atoms with Crippen LogP contribution < -0.4 is 0 Å². The second-order valence-electron chi connectivity index (χ2n) is 6.61. The topological polar surface area (TPSA) is 37.3 Å². The van der Waals surface area contributed by atoms with Crippen molar-refractivity contribution >= 4 is 5.97 Å². The second kappa shape index (κ2) is 22.0. The van der Waals surface area contributed by atoms with Crippen molar-refractivity contribution in [3.05, 3.63) is 12.2 Å². The molecule has 0 rings (SSSR count). The first-order chi connectivity index (χ1) is 12.4. The molecule has 0 aromatic carbocycles. The first-order valence-corrected chi connectivity index (χ1v) is 9.99. The molecule has 26 heavy (non-hydrogen) atoms. The summed E-state index contributed by atoms with van der Waals surface area (Å²) < 4.78 is 41.1. The Morgan fingerprint density at radius 3 is 1.08 bits per heavy atom. The molecule has 0 atom stereocenters. The van der Waals surface area contributed by atoms with E-state index in [1.165, 1.54) is 83.5 Å². The molecule has 2 nitrogen and oxygen atoms in total. The van der Waals surface area contributed by atoms with Gasteiger partial charge in [-0.25, -0.2) is 0 Å². The summed E-state index contributed by atoms with van der Waals surface area (Å²) in [5, 5.41) is 8.52. The van der Waals surface area contributed by atoms with E-state index < -0.39 is 18.1 Å². The van der Waals surface area contributed by atoms with Crippen LogP contribution in [0.15, 0.2) is 12.2 Å². The molecule has 0 fully saturated rings. The van der Waals surface area contributed by atoms with E-state index in [4.69, 9.17) is 5.11 Å². The highest BCUT2D eigenvalue weighted by Gasteiger charge is 1.98. The Morgan fingerprint density at radius 2 is 0.846 bits per heavy atom. The van der Waals surface area contributed by atoms with Crippen LogP contribution in [0, 0.1) is 0 Å². The van der Waals surface area contributed by atoms with Gasteiger partial charge in [-0.2, -0.15) is 17.6 Å². The van der Waals surface area contributed by atoms with Gasteiger partial charge in [0.05, 0.1) is 0 Å². The first-order valence-electron chi connectivity index (χ1n) is 9.99. The molecular formula is C20H36F4O2. The molecular weight excluding hydrogens is 348 g/mol. The molecule has 0 aromatic heterocycles. The Labute approximate surface area is 156 Å². The summed E-state index contributed by atoms with van der Waals surface area (Å²) in [6.07, 6.45) is 14.4. The first kappa shape index (κ1) is 27.2. The van der Waals surface area contributed by atoms with Gasteiger partial charge < -0.3 is 5.11 Å². The number of carboxylic acids is 1. The molecule has 0 aliphatic carbocycles. The summed E-state index contributed by atoms with van der Waals surface area (Å²) in [6, 6.07) is 0. The van der Waals surface area contributed by atoms with E-state index in [0.717, 1.165) is 12.8 Å². The van der Waals surface area contributed by atoms with E-state index in [0.29, 0.717) is 6.42 Å². The summed E-state index contributed by atoms with van der Waals surface area (Å²) in [5.41, 5.74) is 0. The Kier molecular flexibility index (Phi) is 22.9. The SMILES string of the molecule is CCCCCCCCCCCCCCCCCC(=O)O.FC(F)=C(F)F. The zero-order chi connectivity index (χ0) is 20.0. The largest absolute Gasteiger partial charge is 0.481 e. The predicted octanol–water partition coefficient (Wildman–Crippen LogP) is 8.32. The van der Waals surface area contributed by atoms with Crippen LogP contribution in [-0.2, 0) is 4.79 Å². The maximum Gasteiger partial charge on any atom is 0.334 e. The lowest BCUT2D eigenvalue weighted by Crippen LogP contribution is -1.93. The number of hydrogen-bond acceptors (Lipinski definition) is 1. The van der Waals surface area contributed by atoms with Crippen LogP contribution in [0.25, 0.3) is 0 Å². The minimum absolute atomic E-state index is 0.345. The van der Waals surface area contributed by atoms with Crippen LogP contribution in [0.2, 0.25) is 0 Å². The average Bonchev–Trinajstić information content (AvgIpc) is 2.58. The molecule has 6 heteroatoms. The predicted molar refractivity (Wildman–Crippen MR) is 98.6 cm³/mol. The van der Waals surface area contributed by atoms with Gasteiger partial charge in [0.2, 0.25) is 0 Å². The molecule has 0 aliphatic heterocycles. The molecule has 0 aliphatic rings. The fourth-order valence-corrected chi connectivity index (χ4v) is 2.65. The Morgan fingerprint density at radius 1 is 0.577 bits per heavy atom. The number of unbranched alkanes of at least 4 members (excludes halogenated alkanes) is 14. The van der Waals surface area contributed by atoms with Crippen molar-refractivity contribution in [3.8, 4) is 0 Å². The van der Waals surface area contributed by atoms with E-state index in [1.807, 2.05) is 0 Å². The maximum absolute atomic E-state index is 10.3. The van der Waals surface area contributed by atoms with Crippen LogP contribution in [0.3, 0.4) is 0 Å². The summed E-state index contributed by atoms with van der Waals surface area (Å²) >= 11 is 0. The van der Waals surface area contributed by atoms with Gasteiger partial charge in [0, 0.05) is 6.42 Å². The molecule has 0 saturated heterocycles. The van der Waals surface area contributed by atoms with Gasteiger partial charge >= 0.3 is 18.1 Å². The molecule has 0 bridgehead atoms. The van der Waals surface area contributed by atoms with Crippen LogP contribution in [0.1, 0.15) is 110 Å². The lowest BCUT2D eigenvalue weighted by molar-refractivity contribution is -0.137. The van der Waals surface area contributed by atoms with Gasteiger partial charge in [-0.15, -0.1) is 0 Å². The smallest absolute Gasteiger partial charge is 0.334 e. The summed E-state index contributed by atoms with van der Waals surface area (Å²) in [4.78, 5) is 10.3. The van der Waals surface area contributed by atoms with Gasteiger partial charge in [-0.05, 0) is 6.42 Å². The van der Waals surface area contributed by atoms with Crippen molar-refractivity contribution in [1.82, 2.24) is 0 Å². The molecule has 0 amide bonds. The summed E-state index contributed by atoms with van der Waals surface area (Å²) in [5.74, 6) is -0.653. The lowest BCUT2D eigenvalue weighted by atomic mass is 10.0. The van der Waals surface area contributed by atoms with Crippen molar-refractivity contribution in [2.45, 2.75) is 110 Å². The standard InChI is InChI=1S/C18H36O2.C2F4/c1-2-3-4-5-6-7-8-9-10-11-12-13-14-15-16-17-18(19)20;3-1(4)2(5)6/h2-17H2,1H3,(H,19,20);. The monoisotopic (exact) mass is 384 g/mol. The third-order valence-corrected chi connectivity index (χ3v) is 4.14. The van der Waals surface area contributed by atoms with Crippen molar-refractivity contribution in [1.29, 1.82) is 0 Å². The van der Waals surface area contributed by atoms with Crippen molar-refractivity contribution < 1.29 is 27.5 Å². The van der Waals surface area contributed by atoms with E-state index in [1.54, 1.807) is 0 Å². The van der Waals surface area contributed by atoms with Gasteiger partial charge in [0.1, 0.15) is 0 Å². The number of rotatable bonds is 16. The van der Waals surface area contributed by atoms with E-state index >= 15 is 0 Å². The maximum atomic E-state index is 10.3. The van der Waals surface area contributed by atoms with Crippen LogP contribution in [0.4, 0.5) is 17.6 Å². The van der Waals surface area contributed by atoms with Crippen LogP contribution in [0.5, 0.6) is 0 Å². The van der Waals surface area contributed by atoms with E-state index in [9.17, 15) is 22.4 Å². The molecule has 1 N–H and O–H groups in total. The lowest BCUT2D eigenvalue weighted by Gasteiger charge is -2.03. The highest BCUT2D eigenvalue weighted by molar-refractivity contribution is 5.66. The minimum Gasteiger partial charge on any atom is -0.481 e. The van der Waals surface area contributed by atoms with Crippen molar-refractivity contribution in [2.75, 3.05) is 0 Å². The third kappa shape index (κ3) is 27.8. The van der Waals surface area contributed by atoms with Gasteiger partial charge in [-0.3, -0.25) is 4.79 Å². The number of hydrogen-bond donors (Lipinski definition) is 1. The molecule has 0 saturated carbocycles. The zero-order valence-electron chi connectivity index (χ0n) is 16.2. The van der Waals surface area contributed by atoms with E-state index in [2.05, 4.69) is 6.92 Å². The fraction of sp³-hybridized carbons (Fsp3) is 0.850. The number of carbonyl (C=O) groups is 1. The van der Waals surface area contributed by atoms with Crippen LogP contribution in [-0.4, -0.2) is 11.1 Å². The third-order valence-electron chi connectivity index (χ3n) is 4.14. The number of carboxylic acid groups (broad SMARTS) is 1. The Bertz CT molecular complexity index is 329. The molecule has 0 radical (unpaired) electrons. The number of halogens is 4. The molecule has 0 spiro atoms. The average molecular weight is 384 g/mol.